The highest BCUT2D eigenvalue weighted by atomic mass is 79.9. The van der Waals surface area contributed by atoms with Gasteiger partial charge >= 0.3 is 6.18 Å². The van der Waals surface area contributed by atoms with Gasteiger partial charge in [-0.3, -0.25) is 0 Å². The lowest BCUT2D eigenvalue weighted by molar-refractivity contribution is -0.121. The van der Waals surface area contributed by atoms with Gasteiger partial charge in [-0.05, 0) is 40.0 Å². The molecule has 108 valence electrons. The number of halogens is 4. The Morgan fingerprint density at radius 3 is 2.42 bits per heavy atom. The van der Waals surface area contributed by atoms with Crippen LogP contribution in [0.5, 0.6) is 0 Å². The summed E-state index contributed by atoms with van der Waals surface area (Å²) in [6.07, 6.45) is -4.64. The van der Waals surface area contributed by atoms with Crippen molar-refractivity contribution in [1.29, 1.82) is 0 Å². The van der Waals surface area contributed by atoms with Gasteiger partial charge in [0.2, 0.25) is 10.0 Å². The Hall–Kier alpha value is -0.640. The number of alkyl halides is 3. The molecular formula is C10H11BrF3NO3S. The Morgan fingerprint density at radius 1 is 1.37 bits per heavy atom. The van der Waals surface area contributed by atoms with Crippen LogP contribution in [0.25, 0.3) is 0 Å². The Kier molecular flexibility index (Phi) is 4.99. The van der Waals surface area contributed by atoms with Gasteiger partial charge in [0.05, 0.1) is 11.5 Å². The minimum atomic E-state index is -4.64. The number of rotatable bonds is 4. The normalized spacial score (nSPS) is 12.7. The average Bonchev–Trinajstić information content (AvgIpc) is 2.29. The summed E-state index contributed by atoms with van der Waals surface area (Å²) in [6, 6.07) is 2.66. The monoisotopic (exact) mass is 361 g/mol. The molecule has 0 spiro atoms. The van der Waals surface area contributed by atoms with E-state index in [2.05, 4.69) is 15.9 Å². The fraction of sp³-hybridized carbons (Fsp3) is 0.400. The van der Waals surface area contributed by atoms with Crippen molar-refractivity contribution in [2.45, 2.75) is 24.6 Å². The highest BCUT2D eigenvalue weighted by Gasteiger charge is 2.31. The molecule has 9 heteroatoms. The molecule has 1 rings (SSSR count). The van der Waals surface area contributed by atoms with Gasteiger partial charge in [0.15, 0.2) is 0 Å². The topological polar surface area (TPSA) is 66.4 Å². The van der Waals surface area contributed by atoms with Crippen LogP contribution in [-0.2, 0) is 16.6 Å². The first-order chi connectivity index (χ1) is 8.57. The van der Waals surface area contributed by atoms with Crippen LogP contribution in [0.15, 0.2) is 21.5 Å². The molecule has 0 saturated heterocycles. The molecule has 0 aliphatic heterocycles. The SMILES string of the molecule is Cc1cc(CO)cc(S(=O)(=O)NCC(F)(F)F)c1Br. The number of hydrogen-bond donors (Lipinski definition) is 2. The first-order valence-electron chi connectivity index (χ1n) is 5.03. The van der Waals surface area contributed by atoms with Gasteiger partial charge in [-0.2, -0.15) is 13.2 Å². The third-order valence-corrected chi connectivity index (χ3v) is 4.96. The van der Waals surface area contributed by atoms with E-state index < -0.39 is 29.4 Å². The molecule has 0 amide bonds. The first kappa shape index (κ1) is 16.4. The molecule has 0 saturated carbocycles. The Bertz CT molecular complexity index is 572. The zero-order valence-corrected chi connectivity index (χ0v) is 12.2. The summed E-state index contributed by atoms with van der Waals surface area (Å²) < 4.78 is 61.4. The number of aliphatic hydroxyl groups excluding tert-OH is 1. The lowest BCUT2D eigenvalue weighted by Crippen LogP contribution is -2.34. The van der Waals surface area contributed by atoms with Gasteiger partial charge in [0, 0.05) is 4.47 Å². The number of sulfonamides is 1. The van der Waals surface area contributed by atoms with E-state index in [-0.39, 0.29) is 9.37 Å². The molecule has 0 aliphatic rings. The zero-order chi connectivity index (χ0) is 14.8. The van der Waals surface area contributed by atoms with Crippen LogP contribution in [0, 0.1) is 6.92 Å². The average molecular weight is 362 g/mol. The van der Waals surface area contributed by atoms with Gasteiger partial charge < -0.3 is 5.11 Å². The molecule has 0 aromatic heterocycles. The molecular weight excluding hydrogens is 351 g/mol. The van der Waals surface area contributed by atoms with E-state index in [9.17, 15) is 21.6 Å². The van der Waals surface area contributed by atoms with Crippen molar-refractivity contribution in [2.24, 2.45) is 0 Å². The zero-order valence-electron chi connectivity index (χ0n) is 9.75. The highest BCUT2D eigenvalue weighted by molar-refractivity contribution is 9.10. The predicted octanol–water partition coefficient (Wildman–Crippen LogP) is 2.09. The third-order valence-electron chi connectivity index (χ3n) is 2.22. The number of aryl methyl sites for hydroxylation is 1. The fourth-order valence-corrected chi connectivity index (χ4v) is 3.43. The lowest BCUT2D eigenvalue weighted by atomic mass is 10.1. The molecule has 0 radical (unpaired) electrons. The number of hydrogen-bond acceptors (Lipinski definition) is 3. The summed E-state index contributed by atoms with van der Waals surface area (Å²) in [7, 11) is -4.31. The number of benzene rings is 1. The van der Waals surface area contributed by atoms with Crippen molar-refractivity contribution >= 4 is 26.0 Å². The van der Waals surface area contributed by atoms with E-state index in [1.165, 1.54) is 10.8 Å². The summed E-state index contributed by atoms with van der Waals surface area (Å²) in [5, 5.41) is 8.99. The number of nitrogens with one attached hydrogen (secondary N) is 1. The van der Waals surface area contributed by atoms with Crippen molar-refractivity contribution in [3.05, 3.63) is 27.7 Å². The predicted molar refractivity (Wildman–Crippen MR) is 66.0 cm³/mol. The van der Waals surface area contributed by atoms with Crippen molar-refractivity contribution in [3.63, 3.8) is 0 Å². The summed E-state index contributed by atoms with van der Waals surface area (Å²) in [4.78, 5) is -0.333. The van der Waals surface area contributed by atoms with Gasteiger partial charge in [-0.15, -0.1) is 0 Å². The molecule has 1 aromatic rings. The van der Waals surface area contributed by atoms with Crippen LogP contribution in [0.4, 0.5) is 13.2 Å². The fourth-order valence-electron chi connectivity index (χ4n) is 1.35. The van der Waals surface area contributed by atoms with Crippen molar-refractivity contribution in [3.8, 4) is 0 Å². The van der Waals surface area contributed by atoms with Gasteiger partial charge in [-0.1, -0.05) is 6.07 Å². The second-order valence-corrected chi connectivity index (χ2v) is 6.35. The summed E-state index contributed by atoms with van der Waals surface area (Å²) in [5.41, 5.74) is 0.798. The molecule has 0 unspecified atom stereocenters. The smallest absolute Gasteiger partial charge is 0.392 e. The molecule has 1 aromatic carbocycles. The van der Waals surface area contributed by atoms with Crippen molar-refractivity contribution in [2.75, 3.05) is 6.54 Å². The van der Waals surface area contributed by atoms with Crippen LogP contribution in [0.1, 0.15) is 11.1 Å². The third kappa shape index (κ3) is 4.44. The highest BCUT2D eigenvalue weighted by Crippen LogP contribution is 2.27. The Labute approximate surface area is 116 Å². The van der Waals surface area contributed by atoms with E-state index in [0.717, 1.165) is 6.07 Å². The molecule has 0 aliphatic carbocycles. The van der Waals surface area contributed by atoms with Gasteiger partial charge in [-0.25, -0.2) is 13.1 Å². The molecule has 0 heterocycles. The first-order valence-corrected chi connectivity index (χ1v) is 7.31. The molecule has 0 bridgehead atoms. The number of aliphatic hydroxyl groups is 1. The quantitative estimate of drug-likeness (QED) is 0.862. The van der Waals surface area contributed by atoms with Crippen molar-refractivity contribution in [1.82, 2.24) is 4.72 Å². The maximum absolute atomic E-state index is 12.0. The van der Waals surface area contributed by atoms with E-state index in [0.29, 0.717) is 11.1 Å². The standard InChI is InChI=1S/C10H11BrF3NO3S/c1-6-2-7(4-16)3-8(9(6)11)19(17,18)15-5-10(12,13)14/h2-3,15-16H,4-5H2,1H3. The minimum Gasteiger partial charge on any atom is -0.392 e. The van der Waals surface area contributed by atoms with Crippen LogP contribution < -0.4 is 4.72 Å². The van der Waals surface area contributed by atoms with Crippen LogP contribution in [0.3, 0.4) is 0 Å². The molecule has 0 fully saturated rings. The lowest BCUT2D eigenvalue weighted by Gasteiger charge is -2.13. The second kappa shape index (κ2) is 5.78. The van der Waals surface area contributed by atoms with Crippen molar-refractivity contribution < 1.29 is 26.7 Å². The molecule has 2 N–H and O–H groups in total. The van der Waals surface area contributed by atoms with Gasteiger partial charge in [0.1, 0.15) is 6.54 Å². The van der Waals surface area contributed by atoms with Crippen LogP contribution in [0.2, 0.25) is 0 Å². The summed E-state index contributed by atoms with van der Waals surface area (Å²) >= 11 is 3.02. The largest absolute Gasteiger partial charge is 0.402 e. The van der Waals surface area contributed by atoms with E-state index in [1.54, 1.807) is 6.92 Å². The Balaban J connectivity index is 3.17. The molecule has 4 nitrogen and oxygen atoms in total. The van der Waals surface area contributed by atoms with E-state index in [1.807, 2.05) is 0 Å². The van der Waals surface area contributed by atoms with Crippen LogP contribution in [-0.4, -0.2) is 26.2 Å². The maximum Gasteiger partial charge on any atom is 0.402 e. The van der Waals surface area contributed by atoms with E-state index >= 15 is 0 Å². The minimum absolute atomic E-state index is 0.166. The summed E-state index contributed by atoms with van der Waals surface area (Å²) in [5.74, 6) is 0. The maximum atomic E-state index is 12.0. The van der Waals surface area contributed by atoms with Gasteiger partial charge in [0.25, 0.3) is 0 Å². The molecule has 19 heavy (non-hydrogen) atoms. The van der Waals surface area contributed by atoms with Crippen LogP contribution >= 0.6 is 15.9 Å². The summed E-state index contributed by atoms with van der Waals surface area (Å²) in [6.45, 7) is -0.480. The second-order valence-electron chi connectivity index (χ2n) is 3.82. The van der Waals surface area contributed by atoms with E-state index in [4.69, 9.17) is 5.11 Å². The molecule has 0 atom stereocenters. The Morgan fingerprint density at radius 2 is 1.95 bits per heavy atom.